The van der Waals surface area contributed by atoms with Crippen LogP contribution >= 0.6 is 0 Å². The summed E-state index contributed by atoms with van der Waals surface area (Å²) < 4.78 is 0. The van der Waals surface area contributed by atoms with Crippen LogP contribution < -0.4 is 10.2 Å². The first-order valence-electron chi connectivity index (χ1n) is 6.50. The van der Waals surface area contributed by atoms with Crippen LogP contribution in [-0.2, 0) is 11.2 Å². The Kier molecular flexibility index (Phi) is 3.21. The van der Waals surface area contributed by atoms with Gasteiger partial charge in [-0.3, -0.25) is 9.59 Å². The molecule has 1 aliphatic rings. The van der Waals surface area contributed by atoms with E-state index in [0.717, 1.165) is 12.1 Å². The highest BCUT2D eigenvalue weighted by Gasteiger charge is 2.26. The largest absolute Gasteiger partial charge is 0.328 e. The van der Waals surface area contributed by atoms with Gasteiger partial charge >= 0.3 is 0 Å². The van der Waals surface area contributed by atoms with Crippen LogP contribution in [0.3, 0.4) is 0 Å². The summed E-state index contributed by atoms with van der Waals surface area (Å²) in [4.78, 5) is 25.1. The van der Waals surface area contributed by atoms with Gasteiger partial charge in [-0.15, -0.1) is 0 Å². The monoisotopic (exact) mass is 266 g/mol. The van der Waals surface area contributed by atoms with Crippen LogP contribution in [-0.4, -0.2) is 18.9 Å². The fourth-order valence-corrected chi connectivity index (χ4v) is 2.55. The van der Waals surface area contributed by atoms with E-state index in [0.29, 0.717) is 24.2 Å². The molecule has 1 N–H and O–H groups in total. The lowest BCUT2D eigenvalue weighted by molar-refractivity contribution is -0.105. The van der Waals surface area contributed by atoms with Crippen molar-refractivity contribution in [3.63, 3.8) is 0 Å². The minimum absolute atomic E-state index is 0.0834. The van der Waals surface area contributed by atoms with E-state index in [2.05, 4.69) is 5.32 Å². The van der Waals surface area contributed by atoms with Crippen LogP contribution in [0.5, 0.6) is 0 Å². The van der Waals surface area contributed by atoms with Crippen LogP contribution in [0.4, 0.5) is 11.4 Å². The van der Waals surface area contributed by atoms with Crippen LogP contribution in [0.25, 0.3) is 0 Å². The van der Waals surface area contributed by atoms with E-state index in [1.54, 1.807) is 29.2 Å². The molecule has 3 rings (SSSR count). The number of hydrogen-bond donors (Lipinski definition) is 1. The Morgan fingerprint density at radius 3 is 2.70 bits per heavy atom. The molecule has 2 amide bonds. The number of nitrogens with zero attached hydrogens (tertiary/aromatic N) is 1. The lowest BCUT2D eigenvalue weighted by Crippen LogP contribution is -2.29. The molecule has 0 aromatic heterocycles. The topological polar surface area (TPSA) is 49.4 Å². The number of para-hydroxylation sites is 2. The Morgan fingerprint density at radius 1 is 1.10 bits per heavy atom. The number of nitrogens with one attached hydrogen (secondary N) is 1. The number of amides is 2. The van der Waals surface area contributed by atoms with E-state index in [1.165, 1.54) is 5.56 Å². The predicted molar refractivity (Wildman–Crippen MR) is 78.0 cm³/mol. The molecule has 1 aliphatic heterocycles. The van der Waals surface area contributed by atoms with Crippen LogP contribution in [0.1, 0.15) is 15.9 Å². The van der Waals surface area contributed by atoms with Gasteiger partial charge in [-0.25, -0.2) is 0 Å². The lowest BCUT2D eigenvalue weighted by atomic mass is 10.1. The van der Waals surface area contributed by atoms with E-state index in [4.69, 9.17) is 0 Å². The molecule has 0 aliphatic carbocycles. The number of anilines is 2. The highest BCUT2D eigenvalue weighted by Crippen LogP contribution is 2.30. The minimum Gasteiger partial charge on any atom is -0.328 e. The maximum atomic E-state index is 12.7. The van der Waals surface area contributed by atoms with Crippen molar-refractivity contribution in [2.45, 2.75) is 6.42 Å². The molecule has 2 aromatic rings. The van der Waals surface area contributed by atoms with Crippen molar-refractivity contribution in [2.75, 3.05) is 16.8 Å². The molecule has 0 unspecified atom stereocenters. The van der Waals surface area contributed by atoms with Gasteiger partial charge in [-0.2, -0.15) is 0 Å². The lowest BCUT2D eigenvalue weighted by Gasteiger charge is -2.18. The number of carbonyl (C=O) groups excluding carboxylic acids is 2. The fraction of sp³-hybridized carbons (Fsp3) is 0.125. The highest BCUT2D eigenvalue weighted by atomic mass is 16.2. The van der Waals surface area contributed by atoms with Crippen LogP contribution in [0.2, 0.25) is 0 Å². The zero-order valence-corrected chi connectivity index (χ0v) is 10.9. The summed E-state index contributed by atoms with van der Waals surface area (Å²) in [6, 6.07) is 15.0. The third-order valence-corrected chi connectivity index (χ3v) is 3.50. The summed E-state index contributed by atoms with van der Waals surface area (Å²) in [6.45, 7) is 0.674. The first kappa shape index (κ1) is 12.4. The van der Waals surface area contributed by atoms with Gasteiger partial charge in [0.1, 0.15) is 0 Å². The standard InChI is InChI=1S/C16H14N2O2/c19-11-17-14-7-3-2-6-13(14)16(20)18-10-9-12-5-1-4-8-15(12)18/h1-8,11H,9-10H2,(H,17,19). The van der Waals surface area contributed by atoms with Gasteiger partial charge in [0, 0.05) is 12.2 Å². The van der Waals surface area contributed by atoms with E-state index >= 15 is 0 Å². The molecule has 20 heavy (non-hydrogen) atoms. The number of rotatable bonds is 3. The summed E-state index contributed by atoms with van der Waals surface area (Å²) in [6.07, 6.45) is 1.45. The highest BCUT2D eigenvalue weighted by molar-refractivity contribution is 6.11. The quantitative estimate of drug-likeness (QED) is 0.867. The van der Waals surface area contributed by atoms with Crippen molar-refractivity contribution < 1.29 is 9.59 Å². The summed E-state index contributed by atoms with van der Waals surface area (Å²) in [7, 11) is 0. The number of carbonyl (C=O) groups is 2. The van der Waals surface area contributed by atoms with Crippen molar-refractivity contribution in [2.24, 2.45) is 0 Å². The van der Waals surface area contributed by atoms with Crippen molar-refractivity contribution in [1.82, 2.24) is 0 Å². The zero-order chi connectivity index (χ0) is 13.9. The normalized spacial score (nSPS) is 12.9. The van der Waals surface area contributed by atoms with Gasteiger partial charge in [-0.05, 0) is 30.2 Å². The Bertz CT molecular complexity index is 667. The molecule has 0 saturated heterocycles. The summed E-state index contributed by atoms with van der Waals surface area (Å²) in [5.74, 6) is -0.0834. The smallest absolute Gasteiger partial charge is 0.260 e. The molecule has 2 aromatic carbocycles. The second-order valence-electron chi connectivity index (χ2n) is 4.64. The molecule has 4 heteroatoms. The number of fused-ring (bicyclic) bond motifs is 1. The molecule has 0 spiro atoms. The Hall–Kier alpha value is -2.62. The van der Waals surface area contributed by atoms with E-state index in [9.17, 15) is 9.59 Å². The van der Waals surface area contributed by atoms with E-state index in [-0.39, 0.29) is 5.91 Å². The van der Waals surface area contributed by atoms with Crippen molar-refractivity contribution >= 4 is 23.7 Å². The van der Waals surface area contributed by atoms with Crippen molar-refractivity contribution in [3.8, 4) is 0 Å². The molecule has 4 nitrogen and oxygen atoms in total. The number of hydrogen-bond acceptors (Lipinski definition) is 2. The van der Waals surface area contributed by atoms with Gasteiger partial charge in [0.15, 0.2) is 0 Å². The van der Waals surface area contributed by atoms with Gasteiger partial charge in [0.25, 0.3) is 5.91 Å². The first-order chi connectivity index (χ1) is 9.81. The third kappa shape index (κ3) is 2.05. The van der Waals surface area contributed by atoms with Gasteiger partial charge in [-0.1, -0.05) is 30.3 Å². The molecule has 0 saturated carbocycles. The Balaban J connectivity index is 1.97. The third-order valence-electron chi connectivity index (χ3n) is 3.50. The molecule has 0 atom stereocenters. The SMILES string of the molecule is O=CNc1ccccc1C(=O)N1CCc2ccccc21. The summed E-state index contributed by atoms with van der Waals surface area (Å²) in [5.41, 5.74) is 3.19. The molecule has 1 heterocycles. The second-order valence-corrected chi connectivity index (χ2v) is 4.64. The number of benzene rings is 2. The molecule has 100 valence electrons. The van der Waals surface area contributed by atoms with E-state index in [1.807, 2.05) is 24.3 Å². The van der Waals surface area contributed by atoms with Gasteiger partial charge in [0.05, 0.1) is 11.3 Å². The van der Waals surface area contributed by atoms with Crippen LogP contribution in [0.15, 0.2) is 48.5 Å². The maximum absolute atomic E-state index is 12.7. The minimum atomic E-state index is -0.0834. The Labute approximate surface area is 117 Å². The van der Waals surface area contributed by atoms with Crippen LogP contribution in [0, 0.1) is 0 Å². The second kappa shape index (κ2) is 5.17. The molecule has 0 radical (unpaired) electrons. The average molecular weight is 266 g/mol. The first-order valence-corrected chi connectivity index (χ1v) is 6.50. The summed E-state index contributed by atoms with van der Waals surface area (Å²) >= 11 is 0. The molecular weight excluding hydrogens is 252 g/mol. The molecule has 0 bridgehead atoms. The predicted octanol–water partition coefficient (Wildman–Crippen LogP) is 2.46. The fourth-order valence-electron chi connectivity index (χ4n) is 2.55. The van der Waals surface area contributed by atoms with Crippen molar-refractivity contribution in [1.29, 1.82) is 0 Å². The van der Waals surface area contributed by atoms with Crippen molar-refractivity contribution in [3.05, 3.63) is 59.7 Å². The maximum Gasteiger partial charge on any atom is 0.260 e. The molecular formula is C16H14N2O2. The van der Waals surface area contributed by atoms with Gasteiger partial charge < -0.3 is 10.2 Å². The summed E-state index contributed by atoms with van der Waals surface area (Å²) in [5, 5.41) is 2.58. The Morgan fingerprint density at radius 2 is 1.85 bits per heavy atom. The average Bonchev–Trinajstić information content (AvgIpc) is 2.91. The van der Waals surface area contributed by atoms with Gasteiger partial charge in [0.2, 0.25) is 6.41 Å². The zero-order valence-electron chi connectivity index (χ0n) is 10.9. The molecule has 0 fully saturated rings. The van der Waals surface area contributed by atoms with E-state index < -0.39 is 0 Å².